The van der Waals surface area contributed by atoms with Gasteiger partial charge in [0.15, 0.2) is 0 Å². The maximum absolute atomic E-state index is 13.1. The molecular formula is C12H15FN2O2S2. The first-order valence-corrected chi connectivity index (χ1v) is 8.57. The van der Waals surface area contributed by atoms with Crippen molar-refractivity contribution in [1.29, 1.82) is 5.26 Å². The number of sulfonamides is 1. The highest BCUT2D eigenvalue weighted by Crippen LogP contribution is 2.14. The van der Waals surface area contributed by atoms with Gasteiger partial charge in [0, 0.05) is 6.54 Å². The normalized spacial score (nSPS) is 11.2. The topological polar surface area (TPSA) is 70.0 Å². The quantitative estimate of drug-likeness (QED) is 0.783. The number of rotatable bonds is 7. The molecule has 0 saturated carbocycles. The highest BCUT2D eigenvalue weighted by Gasteiger charge is 2.15. The number of nitrogens with zero attached hydrogens (tertiary/aromatic N) is 1. The number of hydrogen-bond donors (Lipinski definition) is 1. The maximum Gasteiger partial charge on any atom is 0.240 e. The van der Waals surface area contributed by atoms with Crippen LogP contribution >= 0.6 is 11.8 Å². The standard InChI is InChI=1S/C12H15FN2O2S2/c1-18-7-3-2-6-15-19(16,17)11-4-5-12(13)10(8-11)9-14/h4-5,8,15H,2-3,6-7H2,1H3. The molecule has 0 bridgehead atoms. The molecule has 0 unspecified atom stereocenters. The van der Waals surface area contributed by atoms with Gasteiger partial charge in [-0.2, -0.15) is 17.0 Å². The van der Waals surface area contributed by atoms with Crippen molar-refractivity contribution in [3.8, 4) is 6.07 Å². The van der Waals surface area contributed by atoms with E-state index in [1.165, 1.54) is 0 Å². The van der Waals surface area contributed by atoms with Crippen LogP contribution in [0.1, 0.15) is 18.4 Å². The average molecular weight is 302 g/mol. The van der Waals surface area contributed by atoms with Crippen LogP contribution in [0.4, 0.5) is 4.39 Å². The molecule has 0 atom stereocenters. The van der Waals surface area contributed by atoms with E-state index < -0.39 is 15.8 Å². The van der Waals surface area contributed by atoms with Crippen LogP contribution in [0.2, 0.25) is 0 Å². The van der Waals surface area contributed by atoms with Crippen LogP contribution in [0.3, 0.4) is 0 Å². The predicted octanol–water partition coefficient (Wildman–Crippen LogP) is 2.12. The van der Waals surface area contributed by atoms with Gasteiger partial charge < -0.3 is 0 Å². The maximum atomic E-state index is 13.1. The van der Waals surface area contributed by atoms with E-state index in [2.05, 4.69) is 4.72 Å². The SMILES string of the molecule is CSCCCCNS(=O)(=O)c1ccc(F)c(C#N)c1. The number of unbranched alkanes of at least 4 members (excludes halogenated alkanes) is 1. The predicted molar refractivity (Wildman–Crippen MR) is 73.9 cm³/mol. The lowest BCUT2D eigenvalue weighted by Crippen LogP contribution is -2.25. The van der Waals surface area contributed by atoms with Crippen molar-refractivity contribution >= 4 is 21.8 Å². The number of hydrogen-bond acceptors (Lipinski definition) is 4. The number of thioether (sulfide) groups is 1. The molecule has 104 valence electrons. The van der Waals surface area contributed by atoms with Gasteiger partial charge in [0.05, 0.1) is 10.5 Å². The number of benzene rings is 1. The summed E-state index contributed by atoms with van der Waals surface area (Å²) in [4.78, 5) is -0.0877. The first kappa shape index (κ1) is 16.0. The highest BCUT2D eigenvalue weighted by atomic mass is 32.2. The zero-order chi connectivity index (χ0) is 14.3. The number of halogens is 1. The first-order valence-electron chi connectivity index (χ1n) is 5.69. The van der Waals surface area contributed by atoms with Crippen LogP contribution in [0, 0.1) is 17.1 Å². The summed E-state index contributed by atoms with van der Waals surface area (Å²) in [5, 5.41) is 8.67. The molecule has 7 heteroatoms. The first-order chi connectivity index (χ1) is 9.01. The van der Waals surface area contributed by atoms with Crippen LogP contribution < -0.4 is 4.72 Å². The highest BCUT2D eigenvalue weighted by molar-refractivity contribution is 7.98. The van der Waals surface area contributed by atoms with Gasteiger partial charge in [-0.3, -0.25) is 0 Å². The second-order valence-corrected chi connectivity index (χ2v) is 6.60. The fourth-order valence-electron chi connectivity index (χ4n) is 1.42. The largest absolute Gasteiger partial charge is 0.240 e. The van der Waals surface area contributed by atoms with Gasteiger partial charge >= 0.3 is 0 Å². The van der Waals surface area contributed by atoms with Crippen molar-refractivity contribution in [2.75, 3.05) is 18.6 Å². The third-order valence-corrected chi connectivity index (χ3v) is 4.59. The van der Waals surface area contributed by atoms with Gasteiger partial charge in [0.1, 0.15) is 11.9 Å². The Balaban J connectivity index is 2.70. The summed E-state index contributed by atoms with van der Waals surface area (Å²) < 4.78 is 39.3. The Morgan fingerprint density at radius 2 is 2.16 bits per heavy atom. The minimum atomic E-state index is -3.67. The van der Waals surface area contributed by atoms with Crippen molar-refractivity contribution in [2.45, 2.75) is 17.7 Å². The molecule has 0 saturated heterocycles. The van der Waals surface area contributed by atoms with Gasteiger partial charge in [0.2, 0.25) is 10.0 Å². The molecule has 0 aromatic heterocycles. The molecule has 0 aliphatic heterocycles. The summed E-state index contributed by atoms with van der Waals surface area (Å²) in [6.45, 7) is 0.335. The molecule has 1 aromatic carbocycles. The molecule has 1 N–H and O–H groups in total. The Morgan fingerprint density at radius 3 is 2.79 bits per heavy atom. The van der Waals surface area contributed by atoms with Crippen molar-refractivity contribution in [1.82, 2.24) is 4.72 Å². The molecular weight excluding hydrogens is 287 g/mol. The molecule has 0 aliphatic carbocycles. The lowest BCUT2D eigenvalue weighted by Gasteiger charge is -2.07. The molecule has 0 radical (unpaired) electrons. The van der Waals surface area contributed by atoms with Crippen LogP contribution in [-0.2, 0) is 10.0 Å². The molecule has 0 heterocycles. The van der Waals surface area contributed by atoms with Crippen LogP contribution in [-0.4, -0.2) is 27.0 Å². The molecule has 19 heavy (non-hydrogen) atoms. The molecule has 1 aromatic rings. The summed E-state index contributed by atoms with van der Waals surface area (Å²) in [6, 6.07) is 4.80. The van der Waals surface area contributed by atoms with Crippen molar-refractivity contribution in [3.05, 3.63) is 29.6 Å². The van der Waals surface area contributed by atoms with E-state index in [1.807, 2.05) is 6.26 Å². The summed E-state index contributed by atoms with van der Waals surface area (Å²) in [5.74, 6) is 0.262. The Hall–Kier alpha value is -1.10. The van der Waals surface area contributed by atoms with Crippen LogP contribution in [0.5, 0.6) is 0 Å². The molecule has 0 aliphatic rings. The second-order valence-electron chi connectivity index (χ2n) is 3.85. The molecule has 0 fully saturated rings. The Morgan fingerprint density at radius 1 is 1.42 bits per heavy atom. The average Bonchev–Trinajstić information content (AvgIpc) is 2.38. The fraction of sp³-hybridized carbons (Fsp3) is 0.417. The smallest absolute Gasteiger partial charge is 0.211 e. The van der Waals surface area contributed by atoms with Gasteiger partial charge in [-0.25, -0.2) is 17.5 Å². The van der Waals surface area contributed by atoms with E-state index >= 15 is 0 Å². The molecule has 0 spiro atoms. The fourth-order valence-corrected chi connectivity index (χ4v) is 3.01. The van der Waals surface area contributed by atoms with Crippen LogP contribution in [0.15, 0.2) is 23.1 Å². The van der Waals surface area contributed by atoms with E-state index in [0.717, 1.165) is 36.8 Å². The molecule has 4 nitrogen and oxygen atoms in total. The molecule has 1 rings (SSSR count). The Labute approximate surface area is 117 Å². The lowest BCUT2D eigenvalue weighted by molar-refractivity contribution is 0.577. The van der Waals surface area contributed by atoms with Crippen molar-refractivity contribution in [2.24, 2.45) is 0 Å². The Kier molecular flexibility index (Phi) is 6.28. The van der Waals surface area contributed by atoms with E-state index in [-0.39, 0.29) is 10.5 Å². The zero-order valence-electron chi connectivity index (χ0n) is 10.5. The van der Waals surface area contributed by atoms with Gasteiger partial charge in [0.25, 0.3) is 0 Å². The van der Waals surface area contributed by atoms with Crippen molar-refractivity contribution < 1.29 is 12.8 Å². The minimum Gasteiger partial charge on any atom is -0.211 e. The molecule has 0 amide bonds. The van der Waals surface area contributed by atoms with Gasteiger partial charge in [-0.15, -0.1) is 0 Å². The van der Waals surface area contributed by atoms with E-state index in [4.69, 9.17) is 5.26 Å². The summed E-state index contributed by atoms with van der Waals surface area (Å²) >= 11 is 1.71. The number of nitriles is 1. The monoisotopic (exact) mass is 302 g/mol. The summed E-state index contributed by atoms with van der Waals surface area (Å²) in [5.41, 5.74) is -0.273. The van der Waals surface area contributed by atoms with Gasteiger partial charge in [-0.1, -0.05) is 0 Å². The zero-order valence-corrected chi connectivity index (χ0v) is 12.2. The Bertz CT molecular complexity index is 568. The van der Waals surface area contributed by atoms with E-state index in [9.17, 15) is 12.8 Å². The minimum absolute atomic E-state index is 0.0877. The second kappa shape index (κ2) is 7.48. The van der Waals surface area contributed by atoms with Crippen molar-refractivity contribution in [3.63, 3.8) is 0 Å². The third-order valence-electron chi connectivity index (χ3n) is 2.44. The summed E-state index contributed by atoms with van der Waals surface area (Å²) in [6.07, 6.45) is 3.66. The number of nitrogens with one attached hydrogen (secondary N) is 1. The van der Waals surface area contributed by atoms with Crippen LogP contribution in [0.25, 0.3) is 0 Å². The van der Waals surface area contributed by atoms with E-state index in [1.54, 1.807) is 17.8 Å². The van der Waals surface area contributed by atoms with Gasteiger partial charge in [-0.05, 0) is 43.0 Å². The van der Waals surface area contributed by atoms with E-state index in [0.29, 0.717) is 6.54 Å². The lowest BCUT2D eigenvalue weighted by atomic mass is 10.2. The summed E-state index contributed by atoms with van der Waals surface area (Å²) in [7, 11) is -3.67. The third kappa shape index (κ3) is 4.82.